The van der Waals surface area contributed by atoms with Gasteiger partial charge in [-0.3, -0.25) is 0 Å². The molecule has 0 amide bonds. The lowest BCUT2D eigenvalue weighted by Gasteiger charge is -2.05. The van der Waals surface area contributed by atoms with Crippen LogP contribution in [0.1, 0.15) is 11.4 Å². The van der Waals surface area contributed by atoms with Crippen LogP contribution in [-0.2, 0) is 10.0 Å². The molecule has 0 saturated heterocycles. The number of nitrogens with zero attached hydrogens (tertiary/aromatic N) is 5. The molecule has 0 aliphatic rings. The van der Waals surface area contributed by atoms with Gasteiger partial charge in [0.1, 0.15) is 0 Å². The first kappa shape index (κ1) is 14.4. The van der Waals surface area contributed by atoms with Crippen molar-refractivity contribution in [3.8, 4) is 5.69 Å². The summed E-state index contributed by atoms with van der Waals surface area (Å²) in [5.41, 5.74) is 10.3. The number of halogens is 1. The Labute approximate surface area is 120 Å². The van der Waals surface area contributed by atoms with E-state index in [1.165, 1.54) is 12.1 Å². The summed E-state index contributed by atoms with van der Waals surface area (Å²) in [5.74, 6) is 0. The topological polar surface area (TPSA) is 101 Å². The van der Waals surface area contributed by atoms with Gasteiger partial charge in [-0.1, -0.05) is 11.6 Å². The number of benzene rings is 1. The second-order valence-corrected chi connectivity index (χ2v) is 6.00. The first-order valence-electron chi connectivity index (χ1n) is 5.50. The van der Waals surface area contributed by atoms with E-state index in [1.807, 2.05) is 6.92 Å². The average molecular weight is 312 g/mol. The summed E-state index contributed by atoms with van der Waals surface area (Å²) in [4.78, 5) is 2.22. The van der Waals surface area contributed by atoms with Crippen molar-refractivity contribution in [2.45, 2.75) is 18.7 Å². The number of rotatable bonds is 3. The first-order chi connectivity index (χ1) is 9.36. The van der Waals surface area contributed by atoms with Crippen molar-refractivity contribution in [2.75, 3.05) is 0 Å². The molecule has 0 spiro atoms. The van der Waals surface area contributed by atoms with Crippen molar-refractivity contribution in [1.29, 1.82) is 0 Å². The molecule has 20 heavy (non-hydrogen) atoms. The molecule has 0 aliphatic carbocycles. The van der Waals surface area contributed by atoms with Crippen LogP contribution in [0.5, 0.6) is 0 Å². The number of aromatic nitrogens is 2. The third-order valence-electron chi connectivity index (χ3n) is 2.73. The smallest absolute Gasteiger partial charge is 0.236 e. The standard InChI is InChI=1S/C11H10ClN5O2S/c1-7-11(12)8(2)17(14-7)9-3-5-10(6-4-9)20(18,19)16-15-13/h3-6H,1-2H3. The predicted octanol–water partition coefficient (Wildman–Crippen LogP) is 3.14. The Morgan fingerprint density at radius 1 is 1.30 bits per heavy atom. The highest BCUT2D eigenvalue weighted by atomic mass is 35.5. The number of azide groups is 1. The molecule has 0 unspecified atom stereocenters. The third kappa shape index (κ3) is 2.49. The Morgan fingerprint density at radius 3 is 2.35 bits per heavy atom. The van der Waals surface area contributed by atoms with Gasteiger partial charge in [-0.2, -0.15) is 5.10 Å². The summed E-state index contributed by atoms with van der Waals surface area (Å²) < 4.78 is 27.5. The van der Waals surface area contributed by atoms with E-state index < -0.39 is 10.0 Å². The predicted molar refractivity (Wildman–Crippen MR) is 74.4 cm³/mol. The van der Waals surface area contributed by atoms with E-state index in [2.05, 4.69) is 14.5 Å². The highest BCUT2D eigenvalue weighted by Crippen LogP contribution is 2.23. The zero-order chi connectivity index (χ0) is 14.9. The van der Waals surface area contributed by atoms with E-state index in [4.69, 9.17) is 17.1 Å². The Bertz CT molecular complexity index is 804. The van der Waals surface area contributed by atoms with E-state index >= 15 is 0 Å². The molecule has 0 N–H and O–H groups in total. The van der Waals surface area contributed by atoms with Gasteiger partial charge in [-0.15, -0.1) is 0 Å². The fraction of sp³-hybridized carbons (Fsp3) is 0.182. The molecule has 0 radical (unpaired) electrons. The largest absolute Gasteiger partial charge is 0.264 e. The highest BCUT2D eigenvalue weighted by Gasteiger charge is 2.14. The van der Waals surface area contributed by atoms with Crippen LogP contribution in [0.4, 0.5) is 0 Å². The fourth-order valence-electron chi connectivity index (χ4n) is 1.73. The Kier molecular flexibility index (Phi) is 3.71. The maximum absolute atomic E-state index is 11.5. The molecule has 9 heteroatoms. The average Bonchev–Trinajstić information content (AvgIpc) is 2.67. The summed E-state index contributed by atoms with van der Waals surface area (Å²) in [6, 6.07) is 5.83. The maximum Gasteiger partial charge on any atom is 0.264 e. The van der Waals surface area contributed by atoms with Gasteiger partial charge in [0.15, 0.2) is 0 Å². The molecule has 0 saturated carbocycles. The van der Waals surface area contributed by atoms with Gasteiger partial charge in [-0.25, -0.2) is 13.1 Å². The molecule has 2 rings (SSSR count). The van der Waals surface area contributed by atoms with Gasteiger partial charge in [-0.05, 0) is 43.6 Å². The van der Waals surface area contributed by atoms with Crippen molar-refractivity contribution in [3.63, 3.8) is 0 Å². The molecule has 0 aliphatic heterocycles. The first-order valence-corrected chi connectivity index (χ1v) is 7.32. The molecular weight excluding hydrogens is 302 g/mol. The van der Waals surface area contributed by atoms with Crippen LogP contribution in [0.2, 0.25) is 5.02 Å². The van der Waals surface area contributed by atoms with Crippen LogP contribution in [0, 0.1) is 13.8 Å². The van der Waals surface area contributed by atoms with Crippen LogP contribution >= 0.6 is 11.6 Å². The van der Waals surface area contributed by atoms with E-state index in [-0.39, 0.29) is 4.90 Å². The highest BCUT2D eigenvalue weighted by molar-refractivity contribution is 7.90. The molecule has 2 aromatic rings. The van der Waals surface area contributed by atoms with Crippen molar-refractivity contribution < 1.29 is 8.42 Å². The van der Waals surface area contributed by atoms with Gasteiger partial charge < -0.3 is 0 Å². The Balaban J connectivity index is 2.48. The lowest BCUT2D eigenvalue weighted by atomic mass is 10.3. The van der Waals surface area contributed by atoms with Gasteiger partial charge >= 0.3 is 0 Å². The second-order valence-electron chi connectivity index (χ2n) is 4.04. The van der Waals surface area contributed by atoms with Gasteiger partial charge in [0.2, 0.25) is 0 Å². The summed E-state index contributed by atoms with van der Waals surface area (Å²) in [6.07, 6.45) is 0. The van der Waals surface area contributed by atoms with Crippen molar-refractivity contribution >= 4 is 21.6 Å². The molecule has 0 bridgehead atoms. The van der Waals surface area contributed by atoms with E-state index in [0.717, 1.165) is 5.69 Å². The van der Waals surface area contributed by atoms with Gasteiger partial charge in [0, 0.05) is 9.43 Å². The molecule has 0 atom stereocenters. The minimum Gasteiger partial charge on any atom is -0.236 e. The lowest BCUT2D eigenvalue weighted by Crippen LogP contribution is -2.00. The van der Waals surface area contributed by atoms with E-state index in [1.54, 1.807) is 23.7 Å². The number of hydrogen-bond donors (Lipinski definition) is 0. The van der Waals surface area contributed by atoms with Crippen LogP contribution in [0.15, 0.2) is 33.7 Å². The van der Waals surface area contributed by atoms with E-state index in [0.29, 0.717) is 16.4 Å². The summed E-state index contributed by atoms with van der Waals surface area (Å²) in [5, 5.41) is 4.83. The van der Waals surface area contributed by atoms with Gasteiger partial charge in [0.05, 0.1) is 27.0 Å². The van der Waals surface area contributed by atoms with Crippen LogP contribution in [0.25, 0.3) is 16.1 Å². The van der Waals surface area contributed by atoms with Crippen LogP contribution in [-0.4, -0.2) is 18.2 Å². The monoisotopic (exact) mass is 311 g/mol. The third-order valence-corrected chi connectivity index (χ3v) is 4.43. The van der Waals surface area contributed by atoms with Crippen LogP contribution < -0.4 is 0 Å². The fourth-order valence-corrected chi connectivity index (χ4v) is 2.52. The normalized spacial score (nSPS) is 11.2. The van der Waals surface area contributed by atoms with Crippen molar-refractivity contribution in [2.24, 2.45) is 4.52 Å². The maximum atomic E-state index is 11.5. The second kappa shape index (κ2) is 5.16. The Hall–Kier alpha value is -2.02. The number of aryl methyl sites for hydroxylation is 1. The van der Waals surface area contributed by atoms with Crippen LogP contribution in [0.3, 0.4) is 0 Å². The molecule has 0 fully saturated rings. The van der Waals surface area contributed by atoms with E-state index in [9.17, 15) is 8.42 Å². The minimum absolute atomic E-state index is 0.0771. The molecular formula is C11H10ClN5O2S. The quantitative estimate of drug-likeness (QED) is 0.494. The molecule has 1 heterocycles. The molecule has 1 aromatic carbocycles. The number of sulfonamides is 1. The zero-order valence-electron chi connectivity index (χ0n) is 10.6. The van der Waals surface area contributed by atoms with Crippen molar-refractivity contribution in [1.82, 2.24) is 9.78 Å². The zero-order valence-corrected chi connectivity index (χ0v) is 12.2. The number of hydrogen-bond acceptors (Lipinski definition) is 3. The summed E-state index contributed by atoms with van der Waals surface area (Å²) >= 11 is 6.06. The lowest BCUT2D eigenvalue weighted by molar-refractivity contribution is 0.597. The van der Waals surface area contributed by atoms with Gasteiger partial charge in [0.25, 0.3) is 10.0 Å². The molecule has 1 aromatic heterocycles. The Morgan fingerprint density at radius 2 is 1.90 bits per heavy atom. The molecule has 104 valence electrons. The summed E-state index contributed by atoms with van der Waals surface area (Å²) in [6.45, 7) is 3.60. The summed E-state index contributed by atoms with van der Waals surface area (Å²) in [7, 11) is -3.97. The van der Waals surface area contributed by atoms with Crippen molar-refractivity contribution in [3.05, 3.63) is 51.1 Å². The molecule has 7 nitrogen and oxygen atoms in total. The SMILES string of the molecule is Cc1nn(-c2ccc(S(=O)(=O)N=[N+]=[N-])cc2)c(C)c1Cl. The minimum atomic E-state index is -3.97.